The maximum atomic E-state index is 12.3. The fourth-order valence-corrected chi connectivity index (χ4v) is 2.02. The Balaban J connectivity index is 3.06. The average Bonchev–Trinajstić information content (AvgIpc) is 2.50. The minimum Gasteiger partial charge on any atom is -0.464 e. The van der Waals surface area contributed by atoms with Crippen molar-refractivity contribution in [2.24, 2.45) is 0 Å². The summed E-state index contributed by atoms with van der Waals surface area (Å²) in [7, 11) is 0. The van der Waals surface area contributed by atoms with Gasteiger partial charge in [-0.2, -0.15) is 0 Å². The van der Waals surface area contributed by atoms with Crippen molar-refractivity contribution in [3.63, 3.8) is 0 Å². The lowest BCUT2D eigenvalue weighted by Crippen LogP contribution is -2.43. The van der Waals surface area contributed by atoms with Gasteiger partial charge in [0.15, 0.2) is 6.10 Å². The van der Waals surface area contributed by atoms with Gasteiger partial charge in [-0.1, -0.05) is 12.1 Å². The van der Waals surface area contributed by atoms with E-state index in [9.17, 15) is 27.9 Å². The van der Waals surface area contributed by atoms with E-state index in [1.54, 1.807) is 20.8 Å². The molecule has 7 nitrogen and oxygen atoms in total. The standard InChI is InChI=1S/C17H22F3NO6/c1-5-25-14(23)13(22)12(21-15(24)27-16(2,3)4)10-6-8-11(9-7-10)26-17(18,19)20/h6-9,12-13,22H,5H2,1-4H3,(H,21,24)/t12-,13+/m1/s1. The summed E-state index contributed by atoms with van der Waals surface area (Å²) in [6.07, 6.45) is -7.58. The highest BCUT2D eigenvalue weighted by Crippen LogP contribution is 2.26. The molecule has 1 rings (SSSR count). The molecule has 27 heavy (non-hydrogen) atoms. The second-order valence-corrected chi connectivity index (χ2v) is 6.44. The van der Waals surface area contributed by atoms with Gasteiger partial charge in [0.1, 0.15) is 11.4 Å². The van der Waals surface area contributed by atoms with Gasteiger partial charge in [-0.3, -0.25) is 0 Å². The smallest absolute Gasteiger partial charge is 0.464 e. The Hall–Kier alpha value is -2.49. The van der Waals surface area contributed by atoms with Crippen LogP contribution in [-0.2, 0) is 14.3 Å². The fraction of sp³-hybridized carbons (Fsp3) is 0.529. The average molecular weight is 393 g/mol. The van der Waals surface area contributed by atoms with Crippen LogP contribution in [0.25, 0.3) is 0 Å². The maximum absolute atomic E-state index is 12.3. The molecule has 0 fully saturated rings. The number of rotatable bonds is 6. The molecule has 2 atom stereocenters. The Morgan fingerprint density at radius 3 is 2.15 bits per heavy atom. The second kappa shape index (κ2) is 8.94. The Bertz CT molecular complexity index is 640. The quantitative estimate of drug-likeness (QED) is 0.722. The van der Waals surface area contributed by atoms with Crippen LogP contribution in [0.1, 0.15) is 39.3 Å². The number of carbonyl (C=O) groups excluding carboxylic acids is 2. The van der Waals surface area contributed by atoms with E-state index in [4.69, 9.17) is 9.47 Å². The number of nitrogens with one attached hydrogen (secondary N) is 1. The lowest BCUT2D eigenvalue weighted by atomic mass is 10.0. The molecule has 152 valence electrons. The molecule has 0 heterocycles. The molecule has 0 bridgehead atoms. The molecule has 0 aliphatic heterocycles. The van der Waals surface area contributed by atoms with Crippen molar-refractivity contribution < 1.29 is 42.1 Å². The molecule has 0 saturated carbocycles. The first kappa shape index (κ1) is 22.6. The topological polar surface area (TPSA) is 94.1 Å². The summed E-state index contributed by atoms with van der Waals surface area (Å²) in [5, 5.41) is 12.5. The van der Waals surface area contributed by atoms with Crippen molar-refractivity contribution in [2.75, 3.05) is 6.61 Å². The molecule has 1 aromatic rings. The predicted molar refractivity (Wildman–Crippen MR) is 87.9 cm³/mol. The highest BCUT2D eigenvalue weighted by atomic mass is 19.4. The van der Waals surface area contributed by atoms with Gasteiger partial charge in [0, 0.05) is 0 Å². The zero-order chi connectivity index (χ0) is 20.8. The number of carbonyl (C=O) groups is 2. The number of halogens is 3. The third-order valence-corrected chi connectivity index (χ3v) is 2.99. The van der Waals surface area contributed by atoms with Gasteiger partial charge in [0.2, 0.25) is 0 Å². The van der Waals surface area contributed by atoms with Crippen molar-refractivity contribution in [1.29, 1.82) is 0 Å². The van der Waals surface area contributed by atoms with Crippen LogP contribution in [0.2, 0.25) is 0 Å². The molecule has 2 N–H and O–H groups in total. The minimum atomic E-state index is -4.86. The molecule has 0 unspecified atom stereocenters. The molecular weight excluding hydrogens is 371 g/mol. The largest absolute Gasteiger partial charge is 0.573 e. The van der Waals surface area contributed by atoms with E-state index < -0.39 is 41.9 Å². The zero-order valence-electron chi connectivity index (χ0n) is 15.3. The molecule has 0 spiro atoms. The number of ether oxygens (including phenoxy) is 3. The summed E-state index contributed by atoms with van der Waals surface area (Å²) in [5.74, 6) is -1.50. The lowest BCUT2D eigenvalue weighted by Gasteiger charge is -2.26. The van der Waals surface area contributed by atoms with Crippen molar-refractivity contribution in [1.82, 2.24) is 5.32 Å². The second-order valence-electron chi connectivity index (χ2n) is 6.44. The van der Waals surface area contributed by atoms with Crippen molar-refractivity contribution in [2.45, 2.75) is 51.8 Å². The zero-order valence-corrected chi connectivity index (χ0v) is 15.3. The first-order valence-corrected chi connectivity index (χ1v) is 8.02. The minimum absolute atomic E-state index is 0.00654. The molecule has 0 radical (unpaired) electrons. The third kappa shape index (κ3) is 8.16. The first-order chi connectivity index (χ1) is 12.3. The monoisotopic (exact) mass is 393 g/mol. The number of benzene rings is 1. The first-order valence-electron chi connectivity index (χ1n) is 8.02. The summed E-state index contributed by atoms with van der Waals surface area (Å²) in [5.41, 5.74) is -0.690. The number of hydrogen-bond acceptors (Lipinski definition) is 6. The molecule has 1 aromatic carbocycles. The lowest BCUT2D eigenvalue weighted by molar-refractivity contribution is -0.274. The summed E-state index contributed by atoms with van der Waals surface area (Å²) < 4.78 is 50.3. The van der Waals surface area contributed by atoms with Crippen LogP contribution >= 0.6 is 0 Å². The Kier molecular flexibility index (Phi) is 7.46. The van der Waals surface area contributed by atoms with E-state index in [0.29, 0.717) is 0 Å². The Morgan fingerprint density at radius 2 is 1.70 bits per heavy atom. The number of alkyl halides is 3. The number of amides is 1. The van der Waals surface area contributed by atoms with Gasteiger partial charge < -0.3 is 24.6 Å². The number of aliphatic hydroxyl groups is 1. The summed E-state index contributed by atoms with van der Waals surface area (Å²) in [6, 6.07) is 3.02. The van der Waals surface area contributed by atoms with E-state index in [1.165, 1.54) is 19.1 Å². The molecule has 0 aromatic heterocycles. The van der Waals surface area contributed by atoms with Crippen LogP contribution in [0.5, 0.6) is 5.75 Å². The Labute approximate surface area is 154 Å². The molecule has 0 aliphatic carbocycles. The van der Waals surface area contributed by atoms with Gasteiger partial charge >= 0.3 is 18.4 Å². The van der Waals surface area contributed by atoms with Crippen molar-refractivity contribution >= 4 is 12.1 Å². The van der Waals surface area contributed by atoms with E-state index >= 15 is 0 Å². The third-order valence-electron chi connectivity index (χ3n) is 2.99. The van der Waals surface area contributed by atoms with Gasteiger partial charge in [0.25, 0.3) is 0 Å². The summed E-state index contributed by atoms with van der Waals surface area (Å²) in [4.78, 5) is 23.9. The summed E-state index contributed by atoms with van der Waals surface area (Å²) >= 11 is 0. The molecule has 0 saturated heterocycles. The van der Waals surface area contributed by atoms with Crippen LogP contribution < -0.4 is 10.1 Å². The van der Waals surface area contributed by atoms with E-state index in [1.807, 2.05) is 0 Å². The van der Waals surface area contributed by atoms with Crippen molar-refractivity contribution in [3.8, 4) is 5.75 Å². The van der Waals surface area contributed by atoms with E-state index in [0.717, 1.165) is 12.1 Å². The summed E-state index contributed by atoms with van der Waals surface area (Å²) in [6.45, 7) is 6.38. The van der Waals surface area contributed by atoms with Crippen LogP contribution in [0, 0.1) is 0 Å². The predicted octanol–water partition coefficient (Wildman–Crippen LogP) is 3.08. The number of aliphatic hydroxyl groups excluding tert-OH is 1. The molecular formula is C17H22F3NO6. The molecule has 1 amide bonds. The van der Waals surface area contributed by atoms with E-state index in [-0.39, 0.29) is 12.2 Å². The molecule has 0 aliphatic rings. The van der Waals surface area contributed by atoms with Gasteiger partial charge in [-0.15, -0.1) is 13.2 Å². The Morgan fingerprint density at radius 1 is 1.15 bits per heavy atom. The molecule has 10 heteroatoms. The van der Waals surface area contributed by atoms with Gasteiger partial charge in [-0.05, 0) is 45.4 Å². The van der Waals surface area contributed by atoms with Gasteiger partial charge in [-0.25, -0.2) is 9.59 Å². The number of alkyl carbamates (subject to hydrolysis) is 1. The highest BCUT2D eigenvalue weighted by molar-refractivity contribution is 5.77. The fourth-order valence-electron chi connectivity index (χ4n) is 2.02. The normalized spacial score (nSPS) is 14.1. The van der Waals surface area contributed by atoms with E-state index in [2.05, 4.69) is 10.1 Å². The number of hydrogen-bond donors (Lipinski definition) is 2. The van der Waals surface area contributed by atoms with Crippen LogP contribution in [0.3, 0.4) is 0 Å². The van der Waals surface area contributed by atoms with Crippen LogP contribution in [0.15, 0.2) is 24.3 Å². The van der Waals surface area contributed by atoms with Crippen LogP contribution in [0.4, 0.5) is 18.0 Å². The highest BCUT2D eigenvalue weighted by Gasteiger charge is 2.33. The SMILES string of the molecule is CCOC(=O)[C@@H](O)[C@H](NC(=O)OC(C)(C)C)c1ccc(OC(F)(F)F)cc1. The number of esters is 1. The van der Waals surface area contributed by atoms with Gasteiger partial charge in [0.05, 0.1) is 12.6 Å². The van der Waals surface area contributed by atoms with Crippen molar-refractivity contribution in [3.05, 3.63) is 29.8 Å². The van der Waals surface area contributed by atoms with Crippen LogP contribution in [-0.4, -0.2) is 41.8 Å². The maximum Gasteiger partial charge on any atom is 0.573 e.